The monoisotopic (exact) mass is 715 g/mol. The van der Waals surface area contributed by atoms with Crippen LogP contribution in [0.5, 0.6) is 0 Å². The van der Waals surface area contributed by atoms with Crippen molar-refractivity contribution in [2.24, 2.45) is 0 Å². The fraction of sp³-hybridized carbons (Fsp3) is 0. The molecular formula is C51H33N5. The second-order valence-corrected chi connectivity index (χ2v) is 14.1. The molecule has 0 amide bonds. The van der Waals surface area contributed by atoms with Crippen LogP contribution in [0, 0.1) is 0 Å². The van der Waals surface area contributed by atoms with Gasteiger partial charge in [-0.15, -0.1) is 0 Å². The van der Waals surface area contributed by atoms with Gasteiger partial charge in [-0.25, -0.2) is 14.5 Å². The lowest BCUT2D eigenvalue weighted by Gasteiger charge is -2.13. The van der Waals surface area contributed by atoms with Gasteiger partial charge >= 0.3 is 0 Å². The Balaban J connectivity index is 1.16. The lowest BCUT2D eigenvalue weighted by Crippen LogP contribution is -2.02. The first-order valence-electron chi connectivity index (χ1n) is 18.9. The number of aromatic nitrogens is 5. The van der Waals surface area contributed by atoms with Gasteiger partial charge in [-0.1, -0.05) is 170 Å². The molecule has 0 bridgehead atoms. The molecule has 56 heavy (non-hydrogen) atoms. The van der Waals surface area contributed by atoms with Crippen LogP contribution < -0.4 is 0 Å². The molecule has 11 aromatic rings. The maximum Gasteiger partial charge on any atom is 0.162 e. The van der Waals surface area contributed by atoms with Gasteiger partial charge in [0.05, 0.1) is 27.9 Å². The van der Waals surface area contributed by atoms with Crippen LogP contribution in [0.2, 0.25) is 0 Å². The second kappa shape index (κ2) is 13.0. The molecule has 4 heterocycles. The van der Waals surface area contributed by atoms with E-state index in [1.807, 2.05) is 6.07 Å². The summed E-state index contributed by atoms with van der Waals surface area (Å²) in [5, 5.41) is 10.1. The van der Waals surface area contributed by atoms with Gasteiger partial charge in [0.15, 0.2) is 5.82 Å². The Labute approximate surface area is 323 Å². The molecule has 5 nitrogen and oxygen atoms in total. The third kappa shape index (κ3) is 5.21. The van der Waals surface area contributed by atoms with E-state index in [0.29, 0.717) is 5.82 Å². The second-order valence-electron chi connectivity index (χ2n) is 14.1. The van der Waals surface area contributed by atoms with Crippen LogP contribution in [0.15, 0.2) is 200 Å². The minimum Gasteiger partial charge on any atom is -0.294 e. The maximum absolute atomic E-state index is 5.43. The molecule has 7 aromatic carbocycles. The Hall–Kier alpha value is -7.63. The average Bonchev–Trinajstić information content (AvgIpc) is 3.84. The summed E-state index contributed by atoms with van der Waals surface area (Å²) in [4.78, 5) is 10.6. The maximum atomic E-state index is 5.43. The molecule has 0 atom stereocenters. The zero-order valence-corrected chi connectivity index (χ0v) is 30.3. The number of fused-ring (bicyclic) bond motifs is 6. The molecule has 0 spiro atoms. The smallest absolute Gasteiger partial charge is 0.162 e. The van der Waals surface area contributed by atoms with E-state index in [2.05, 4.69) is 203 Å². The quantitative estimate of drug-likeness (QED) is 0.172. The van der Waals surface area contributed by atoms with Gasteiger partial charge in [0.25, 0.3) is 0 Å². The van der Waals surface area contributed by atoms with Crippen molar-refractivity contribution >= 4 is 38.1 Å². The number of nitrogens with zero attached hydrogens (tertiary/aromatic N) is 5. The van der Waals surface area contributed by atoms with Gasteiger partial charge < -0.3 is 0 Å². The van der Waals surface area contributed by atoms with Crippen molar-refractivity contribution < 1.29 is 0 Å². The van der Waals surface area contributed by atoms with E-state index in [4.69, 9.17) is 15.1 Å². The first-order valence-corrected chi connectivity index (χ1v) is 18.9. The number of rotatable bonds is 6. The Morgan fingerprint density at radius 2 is 0.946 bits per heavy atom. The highest BCUT2D eigenvalue weighted by atomic mass is 15.2. The van der Waals surface area contributed by atoms with Crippen LogP contribution in [-0.4, -0.2) is 24.1 Å². The predicted molar refractivity (Wildman–Crippen MR) is 230 cm³/mol. The fourth-order valence-electron chi connectivity index (χ4n) is 8.19. The van der Waals surface area contributed by atoms with E-state index in [1.54, 1.807) is 0 Å². The highest BCUT2D eigenvalue weighted by molar-refractivity contribution is 6.10. The van der Waals surface area contributed by atoms with Gasteiger partial charge in [-0.2, -0.15) is 5.10 Å². The Kier molecular flexibility index (Phi) is 7.42. The molecule has 0 N–H and O–H groups in total. The predicted octanol–water partition coefficient (Wildman–Crippen LogP) is 12.7. The lowest BCUT2D eigenvalue weighted by atomic mass is 9.97. The Morgan fingerprint density at radius 3 is 1.64 bits per heavy atom. The first-order chi connectivity index (χ1) is 27.8. The normalized spacial score (nSPS) is 11.6. The molecule has 0 unspecified atom stereocenters. The van der Waals surface area contributed by atoms with E-state index in [9.17, 15) is 0 Å². The molecule has 262 valence electrons. The summed E-state index contributed by atoms with van der Waals surface area (Å²) in [6, 6.07) is 70.1. The summed E-state index contributed by atoms with van der Waals surface area (Å²) in [7, 11) is 0. The summed E-state index contributed by atoms with van der Waals surface area (Å²) in [5.74, 6) is 1.47. The molecule has 0 aliphatic rings. The van der Waals surface area contributed by atoms with Gasteiger partial charge in [0.2, 0.25) is 0 Å². The molecule has 0 aliphatic carbocycles. The lowest BCUT2D eigenvalue weighted by molar-refractivity contribution is 0.979. The zero-order chi connectivity index (χ0) is 37.0. The Morgan fingerprint density at radius 1 is 0.393 bits per heavy atom. The summed E-state index contributed by atoms with van der Waals surface area (Å²) in [5.41, 5.74) is 12.4. The number of hydrogen-bond donors (Lipinski definition) is 0. The molecule has 0 radical (unpaired) electrons. The van der Waals surface area contributed by atoms with Gasteiger partial charge in [-0.3, -0.25) is 4.57 Å². The number of para-hydroxylation sites is 2. The number of hydrogen-bond acceptors (Lipinski definition) is 3. The zero-order valence-electron chi connectivity index (χ0n) is 30.3. The minimum absolute atomic E-state index is 0.650. The van der Waals surface area contributed by atoms with Crippen LogP contribution >= 0.6 is 0 Å². The van der Waals surface area contributed by atoms with Crippen molar-refractivity contribution in [3.05, 3.63) is 200 Å². The highest BCUT2D eigenvalue weighted by Crippen LogP contribution is 2.41. The van der Waals surface area contributed by atoms with Crippen LogP contribution in [-0.2, 0) is 0 Å². The highest BCUT2D eigenvalue weighted by Gasteiger charge is 2.22. The number of pyridine rings is 1. The molecule has 0 fully saturated rings. The van der Waals surface area contributed by atoms with Crippen molar-refractivity contribution in [2.75, 3.05) is 0 Å². The van der Waals surface area contributed by atoms with Gasteiger partial charge in [0.1, 0.15) is 11.5 Å². The van der Waals surface area contributed by atoms with Gasteiger partial charge in [-0.05, 0) is 35.2 Å². The topological polar surface area (TPSA) is 48.0 Å². The van der Waals surface area contributed by atoms with E-state index in [-0.39, 0.29) is 0 Å². The minimum atomic E-state index is 0.650. The summed E-state index contributed by atoms with van der Waals surface area (Å²) in [6.45, 7) is 0. The van der Waals surface area contributed by atoms with Crippen LogP contribution in [0.4, 0.5) is 0 Å². The SMILES string of the molecule is c1ccc(-c2cc(-n3c4ccccc4c4ccccc43)nc(-c3cccc(-c4cc5ccccc5c5c(-c6ccccc6)c(-c6ccccc6)nn45)c3)n2)cc1. The van der Waals surface area contributed by atoms with Crippen LogP contribution in [0.3, 0.4) is 0 Å². The van der Waals surface area contributed by atoms with E-state index in [1.165, 1.54) is 10.8 Å². The standard InChI is InChI=1S/C51H33N5/c1-4-17-34(18-5-1)43-33-47(55-44-29-14-12-27-41(44)42-28-13-15-30-45(42)55)53-51(52-43)39-25-16-24-38(31-39)46-32-37-23-10-11-26-40(37)50-48(35-19-6-2-7-20-35)49(54-56(46)50)36-21-8-3-9-22-36/h1-33H. The average molecular weight is 716 g/mol. The van der Waals surface area contributed by atoms with E-state index < -0.39 is 0 Å². The largest absolute Gasteiger partial charge is 0.294 e. The summed E-state index contributed by atoms with van der Waals surface area (Å²) < 4.78 is 4.40. The molecule has 4 aromatic heterocycles. The molecular weight excluding hydrogens is 683 g/mol. The fourth-order valence-corrected chi connectivity index (χ4v) is 8.19. The van der Waals surface area contributed by atoms with Crippen molar-refractivity contribution in [1.29, 1.82) is 0 Å². The Bertz CT molecular complexity index is 3180. The molecule has 0 saturated carbocycles. The summed E-state index contributed by atoms with van der Waals surface area (Å²) in [6.07, 6.45) is 0. The summed E-state index contributed by atoms with van der Waals surface area (Å²) >= 11 is 0. The van der Waals surface area contributed by atoms with Crippen LogP contribution in [0.25, 0.3) is 100 Å². The van der Waals surface area contributed by atoms with E-state index in [0.717, 1.165) is 83.6 Å². The third-order valence-electron chi connectivity index (χ3n) is 10.7. The van der Waals surface area contributed by atoms with Crippen molar-refractivity contribution in [3.63, 3.8) is 0 Å². The van der Waals surface area contributed by atoms with Crippen molar-refractivity contribution in [2.45, 2.75) is 0 Å². The van der Waals surface area contributed by atoms with E-state index >= 15 is 0 Å². The molecule has 11 rings (SSSR count). The third-order valence-corrected chi connectivity index (χ3v) is 10.7. The number of benzene rings is 7. The van der Waals surface area contributed by atoms with Crippen molar-refractivity contribution in [1.82, 2.24) is 24.1 Å². The first kappa shape index (κ1) is 31.9. The molecule has 0 aliphatic heterocycles. The van der Waals surface area contributed by atoms with Gasteiger partial charge in [0, 0.05) is 50.0 Å². The van der Waals surface area contributed by atoms with Crippen LogP contribution in [0.1, 0.15) is 0 Å². The molecule has 5 heteroatoms. The van der Waals surface area contributed by atoms with Crippen molar-refractivity contribution in [3.8, 4) is 62.1 Å². The molecule has 0 saturated heterocycles.